The predicted molar refractivity (Wildman–Crippen MR) is 34.1 cm³/mol. The van der Waals surface area contributed by atoms with E-state index < -0.39 is 0 Å². The molecular formula is C4H7N3S. The second-order valence-electron chi connectivity index (χ2n) is 1.32. The van der Waals surface area contributed by atoms with Crippen LogP contribution in [0.25, 0.3) is 0 Å². The van der Waals surface area contributed by atoms with Crippen LogP contribution >= 0.6 is 11.7 Å². The van der Waals surface area contributed by atoms with Crippen LogP contribution in [0.2, 0.25) is 0 Å². The van der Waals surface area contributed by atoms with Crippen LogP contribution in [0.4, 0.5) is 5.82 Å². The molecule has 1 N–H and O–H groups in total. The summed E-state index contributed by atoms with van der Waals surface area (Å²) in [6.07, 6.45) is 1.72. The molecule has 1 aromatic rings. The Labute approximate surface area is 52.1 Å². The zero-order valence-corrected chi connectivity index (χ0v) is 5.40. The van der Waals surface area contributed by atoms with E-state index in [1.54, 1.807) is 6.20 Å². The molecule has 8 heavy (non-hydrogen) atoms. The summed E-state index contributed by atoms with van der Waals surface area (Å²) >= 11 is 1.22. The lowest BCUT2D eigenvalue weighted by atomic mass is 10.7. The highest BCUT2D eigenvalue weighted by molar-refractivity contribution is 6.99. The Morgan fingerprint density at radius 2 is 2.75 bits per heavy atom. The van der Waals surface area contributed by atoms with Crippen LogP contribution in [-0.4, -0.2) is 15.3 Å². The number of hydrogen-bond acceptors (Lipinski definition) is 4. The largest absolute Gasteiger partial charge is 0.368 e. The molecule has 3 nitrogen and oxygen atoms in total. The highest BCUT2D eigenvalue weighted by Crippen LogP contribution is 1.99. The second kappa shape index (κ2) is 2.61. The van der Waals surface area contributed by atoms with Gasteiger partial charge in [-0.3, -0.25) is 0 Å². The highest BCUT2D eigenvalue weighted by atomic mass is 32.1. The van der Waals surface area contributed by atoms with Crippen molar-refractivity contribution < 1.29 is 0 Å². The molecule has 0 amide bonds. The minimum Gasteiger partial charge on any atom is -0.368 e. The molecule has 1 rings (SSSR count). The van der Waals surface area contributed by atoms with Crippen LogP contribution in [-0.2, 0) is 0 Å². The first-order valence-electron chi connectivity index (χ1n) is 2.45. The first-order chi connectivity index (χ1) is 3.93. The third kappa shape index (κ3) is 1.16. The summed E-state index contributed by atoms with van der Waals surface area (Å²) in [5.74, 6) is 0.873. The summed E-state index contributed by atoms with van der Waals surface area (Å²) < 4.78 is 7.73. The summed E-state index contributed by atoms with van der Waals surface area (Å²) in [6, 6.07) is 0. The van der Waals surface area contributed by atoms with E-state index in [9.17, 15) is 0 Å². The standard InChI is InChI=1S/C4H7N3S/c1-2-5-4-3-6-8-7-4/h3H,2H2,1H3,(H,5,7). The van der Waals surface area contributed by atoms with E-state index >= 15 is 0 Å². The van der Waals surface area contributed by atoms with Gasteiger partial charge in [-0.05, 0) is 6.92 Å². The minimum absolute atomic E-state index is 0.873. The minimum atomic E-state index is 0.873. The molecule has 0 aromatic carbocycles. The maximum atomic E-state index is 3.93. The van der Waals surface area contributed by atoms with Crippen molar-refractivity contribution in [3.05, 3.63) is 6.20 Å². The van der Waals surface area contributed by atoms with Crippen molar-refractivity contribution in [3.8, 4) is 0 Å². The van der Waals surface area contributed by atoms with Gasteiger partial charge in [0, 0.05) is 6.54 Å². The van der Waals surface area contributed by atoms with Gasteiger partial charge < -0.3 is 5.32 Å². The van der Waals surface area contributed by atoms with E-state index in [0.29, 0.717) is 0 Å². The maximum Gasteiger partial charge on any atom is 0.159 e. The van der Waals surface area contributed by atoms with Crippen LogP contribution in [0.1, 0.15) is 6.92 Å². The monoisotopic (exact) mass is 129 g/mol. The Hall–Kier alpha value is -0.640. The van der Waals surface area contributed by atoms with Gasteiger partial charge in [0.05, 0.1) is 17.9 Å². The lowest BCUT2D eigenvalue weighted by molar-refractivity contribution is 1.19. The fraction of sp³-hybridized carbons (Fsp3) is 0.500. The lowest BCUT2D eigenvalue weighted by Gasteiger charge is -1.90. The molecule has 0 unspecified atom stereocenters. The maximum absolute atomic E-state index is 3.93. The van der Waals surface area contributed by atoms with Crippen molar-refractivity contribution in [2.75, 3.05) is 11.9 Å². The zero-order chi connectivity index (χ0) is 5.82. The van der Waals surface area contributed by atoms with Gasteiger partial charge in [0.25, 0.3) is 0 Å². The van der Waals surface area contributed by atoms with E-state index in [2.05, 4.69) is 14.1 Å². The molecule has 4 heteroatoms. The lowest BCUT2D eigenvalue weighted by Crippen LogP contribution is -1.94. The predicted octanol–water partition coefficient (Wildman–Crippen LogP) is 0.970. The molecule has 0 aliphatic carbocycles. The highest BCUT2D eigenvalue weighted by Gasteiger charge is 1.87. The molecular weight excluding hydrogens is 122 g/mol. The van der Waals surface area contributed by atoms with Crippen LogP contribution in [0.5, 0.6) is 0 Å². The number of aromatic nitrogens is 2. The van der Waals surface area contributed by atoms with E-state index in [1.165, 1.54) is 11.7 Å². The summed E-state index contributed by atoms with van der Waals surface area (Å²) in [7, 11) is 0. The fourth-order valence-electron chi connectivity index (χ4n) is 0.424. The summed E-state index contributed by atoms with van der Waals surface area (Å²) in [5, 5.41) is 3.02. The van der Waals surface area contributed by atoms with Gasteiger partial charge in [-0.15, -0.1) is 0 Å². The quantitative estimate of drug-likeness (QED) is 0.646. The summed E-state index contributed by atoms with van der Waals surface area (Å²) in [4.78, 5) is 0. The average Bonchev–Trinajstić information content (AvgIpc) is 2.19. The normalized spacial score (nSPS) is 9.12. The van der Waals surface area contributed by atoms with E-state index in [4.69, 9.17) is 0 Å². The Morgan fingerprint density at radius 3 is 3.25 bits per heavy atom. The molecule has 44 valence electrons. The van der Waals surface area contributed by atoms with Gasteiger partial charge in [0.1, 0.15) is 0 Å². The number of hydrogen-bond donors (Lipinski definition) is 1. The number of nitrogens with zero attached hydrogens (tertiary/aromatic N) is 2. The van der Waals surface area contributed by atoms with Crippen LogP contribution < -0.4 is 5.32 Å². The number of anilines is 1. The van der Waals surface area contributed by atoms with Crippen LogP contribution in [0.15, 0.2) is 6.20 Å². The third-order valence-corrected chi connectivity index (χ3v) is 1.20. The number of nitrogens with one attached hydrogen (secondary N) is 1. The zero-order valence-electron chi connectivity index (χ0n) is 4.59. The molecule has 0 saturated carbocycles. The first kappa shape index (κ1) is 5.50. The average molecular weight is 129 g/mol. The van der Waals surface area contributed by atoms with Crippen molar-refractivity contribution in [1.29, 1.82) is 0 Å². The van der Waals surface area contributed by atoms with Crippen molar-refractivity contribution in [1.82, 2.24) is 8.75 Å². The summed E-state index contributed by atoms with van der Waals surface area (Å²) in [6.45, 7) is 2.94. The van der Waals surface area contributed by atoms with E-state index in [-0.39, 0.29) is 0 Å². The number of rotatable bonds is 2. The SMILES string of the molecule is CCNc1cnsn1. The van der Waals surface area contributed by atoms with Gasteiger partial charge >= 0.3 is 0 Å². The molecule has 0 atom stereocenters. The van der Waals surface area contributed by atoms with Crippen LogP contribution in [0.3, 0.4) is 0 Å². The molecule has 0 aliphatic rings. The molecule has 0 aliphatic heterocycles. The topological polar surface area (TPSA) is 37.8 Å². The summed E-state index contributed by atoms with van der Waals surface area (Å²) in [5.41, 5.74) is 0. The van der Waals surface area contributed by atoms with Gasteiger partial charge in [-0.1, -0.05) is 0 Å². The van der Waals surface area contributed by atoms with Crippen molar-refractivity contribution in [2.45, 2.75) is 6.92 Å². The smallest absolute Gasteiger partial charge is 0.159 e. The van der Waals surface area contributed by atoms with Gasteiger partial charge in [-0.25, -0.2) is 0 Å². The first-order valence-corrected chi connectivity index (χ1v) is 3.18. The molecule has 1 aromatic heterocycles. The Bertz CT molecular complexity index is 137. The molecule has 0 fully saturated rings. The Morgan fingerprint density at radius 1 is 1.88 bits per heavy atom. The second-order valence-corrected chi connectivity index (χ2v) is 1.88. The molecule has 0 saturated heterocycles. The Kier molecular flexibility index (Phi) is 1.80. The van der Waals surface area contributed by atoms with Crippen molar-refractivity contribution in [2.24, 2.45) is 0 Å². The van der Waals surface area contributed by atoms with Crippen LogP contribution in [0, 0.1) is 0 Å². The van der Waals surface area contributed by atoms with Crippen molar-refractivity contribution >= 4 is 17.5 Å². The van der Waals surface area contributed by atoms with E-state index in [0.717, 1.165) is 12.4 Å². The Balaban J connectivity index is 2.50. The van der Waals surface area contributed by atoms with Crippen molar-refractivity contribution in [3.63, 3.8) is 0 Å². The fourth-order valence-corrected chi connectivity index (χ4v) is 0.817. The molecule has 0 bridgehead atoms. The van der Waals surface area contributed by atoms with Gasteiger partial charge in [0.2, 0.25) is 0 Å². The van der Waals surface area contributed by atoms with Gasteiger partial charge in [-0.2, -0.15) is 8.75 Å². The molecule has 0 radical (unpaired) electrons. The third-order valence-electron chi connectivity index (χ3n) is 0.719. The van der Waals surface area contributed by atoms with Gasteiger partial charge in [0.15, 0.2) is 5.82 Å². The molecule has 0 spiro atoms. The molecule has 1 heterocycles. The van der Waals surface area contributed by atoms with E-state index in [1.807, 2.05) is 6.92 Å².